The van der Waals surface area contributed by atoms with Crippen molar-refractivity contribution in [2.24, 2.45) is 0 Å². The van der Waals surface area contributed by atoms with Crippen LogP contribution < -0.4 is 14.9 Å². The Hall–Kier alpha value is -2.95. The summed E-state index contributed by atoms with van der Waals surface area (Å²) in [7, 11) is 2.97. The van der Waals surface area contributed by atoms with Gasteiger partial charge in [0.25, 0.3) is 0 Å². The number of para-hydroxylation sites is 1. The van der Waals surface area contributed by atoms with Gasteiger partial charge in [-0.2, -0.15) is 0 Å². The topological polar surface area (TPSA) is 68.9 Å². The zero-order chi connectivity index (χ0) is 15.7. The zero-order valence-corrected chi connectivity index (χ0v) is 12.1. The van der Waals surface area contributed by atoms with E-state index in [1.54, 1.807) is 31.4 Å². The van der Waals surface area contributed by atoms with E-state index in [-0.39, 0.29) is 27.9 Å². The van der Waals surface area contributed by atoms with E-state index in [9.17, 15) is 9.90 Å². The maximum Gasteiger partial charge on any atom is 0.197 e. The zero-order valence-electron chi connectivity index (χ0n) is 12.1. The maximum absolute atomic E-state index is 12.3. The van der Waals surface area contributed by atoms with Crippen LogP contribution >= 0.6 is 0 Å². The largest absolute Gasteiger partial charge is 0.504 e. The van der Waals surface area contributed by atoms with E-state index in [0.717, 1.165) is 0 Å². The van der Waals surface area contributed by atoms with E-state index in [1.165, 1.54) is 13.2 Å². The summed E-state index contributed by atoms with van der Waals surface area (Å²) in [6, 6.07) is 11.7. The van der Waals surface area contributed by atoms with Crippen molar-refractivity contribution in [1.29, 1.82) is 0 Å². The average Bonchev–Trinajstić information content (AvgIpc) is 2.54. The van der Waals surface area contributed by atoms with Gasteiger partial charge in [-0.15, -0.1) is 0 Å². The molecule has 0 bridgehead atoms. The molecule has 0 amide bonds. The van der Waals surface area contributed by atoms with E-state index in [4.69, 9.17) is 13.9 Å². The first-order valence-electron chi connectivity index (χ1n) is 6.63. The molecular weight excluding hydrogens is 284 g/mol. The fourth-order valence-electron chi connectivity index (χ4n) is 2.36. The van der Waals surface area contributed by atoms with Crippen LogP contribution in [0.3, 0.4) is 0 Å². The second-order valence-electron chi connectivity index (χ2n) is 4.66. The Balaban J connectivity index is 2.29. The maximum atomic E-state index is 12.3. The average molecular weight is 298 g/mol. The van der Waals surface area contributed by atoms with Crippen LogP contribution in [0.25, 0.3) is 22.3 Å². The van der Waals surface area contributed by atoms with Gasteiger partial charge in [-0.05, 0) is 24.3 Å². The summed E-state index contributed by atoms with van der Waals surface area (Å²) in [5.41, 5.74) is 0.601. The van der Waals surface area contributed by atoms with Gasteiger partial charge in [0, 0.05) is 6.07 Å². The fourth-order valence-corrected chi connectivity index (χ4v) is 2.36. The number of phenolic OH excluding ortho intramolecular Hbond substituents is 1. The SMILES string of the molecule is COc1ccccc1-c1cc(=O)c2c(O)c(OC)ccc2o1. The predicted octanol–water partition coefficient (Wildman–Crippen LogP) is 3.18. The Bertz CT molecular complexity index is 895. The third-order valence-electron chi connectivity index (χ3n) is 3.42. The highest BCUT2D eigenvalue weighted by molar-refractivity contribution is 5.87. The minimum Gasteiger partial charge on any atom is -0.504 e. The van der Waals surface area contributed by atoms with Gasteiger partial charge in [0.1, 0.15) is 22.5 Å². The van der Waals surface area contributed by atoms with Crippen molar-refractivity contribution in [3.05, 3.63) is 52.7 Å². The number of aromatic hydroxyl groups is 1. The van der Waals surface area contributed by atoms with Gasteiger partial charge in [-0.25, -0.2) is 0 Å². The number of phenols is 1. The lowest BCUT2D eigenvalue weighted by atomic mass is 10.1. The van der Waals surface area contributed by atoms with E-state index >= 15 is 0 Å². The molecule has 1 N–H and O–H groups in total. The lowest BCUT2D eigenvalue weighted by Crippen LogP contribution is -2.02. The lowest BCUT2D eigenvalue weighted by Gasteiger charge is -2.09. The Morgan fingerprint density at radius 2 is 1.73 bits per heavy atom. The molecule has 0 aliphatic rings. The minimum absolute atomic E-state index is 0.0954. The molecule has 0 saturated heterocycles. The van der Waals surface area contributed by atoms with Gasteiger partial charge >= 0.3 is 0 Å². The van der Waals surface area contributed by atoms with Crippen molar-refractivity contribution in [2.75, 3.05) is 14.2 Å². The van der Waals surface area contributed by atoms with Gasteiger partial charge < -0.3 is 19.0 Å². The van der Waals surface area contributed by atoms with Crippen LogP contribution in [0.15, 0.2) is 51.7 Å². The first-order chi connectivity index (χ1) is 10.7. The van der Waals surface area contributed by atoms with Crippen LogP contribution in [0.1, 0.15) is 0 Å². The summed E-state index contributed by atoms with van der Waals surface area (Å²) in [4.78, 5) is 12.3. The molecule has 0 radical (unpaired) electrons. The Morgan fingerprint density at radius 1 is 1.00 bits per heavy atom. The van der Waals surface area contributed by atoms with Gasteiger partial charge in [0.05, 0.1) is 19.8 Å². The van der Waals surface area contributed by atoms with Gasteiger partial charge in [0.2, 0.25) is 0 Å². The number of hydrogen-bond donors (Lipinski definition) is 1. The number of ether oxygens (including phenoxy) is 2. The van der Waals surface area contributed by atoms with Crippen molar-refractivity contribution in [3.63, 3.8) is 0 Å². The van der Waals surface area contributed by atoms with Crippen molar-refractivity contribution in [2.45, 2.75) is 0 Å². The molecule has 0 spiro atoms. The number of benzene rings is 2. The second kappa shape index (κ2) is 5.44. The molecule has 0 unspecified atom stereocenters. The van der Waals surface area contributed by atoms with Crippen molar-refractivity contribution in [1.82, 2.24) is 0 Å². The molecule has 3 aromatic rings. The number of fused-ring (bicyclic) bond motifs is 1. The molecule has 5 nitrogen and oxygen atoms in total. The molecule has 0 aliphatic heterocycles. The van der Waals surface area contributed by atoms with E-state index in [2.05, 4.69) is 0 Å². The van der Waals surface area contributed by atoms with Crippen LogP contribution in [0.2, 0.25) is 0 Å². The standard InChI is InChI=1S/C17H14O5/c1-20-12-6-4-3-5-10(12)15-9-11(18)16-13(22-15)7-8-14(21-2)17(16)19/h3-9,19H,1-2H3. The summed E-state index contributed by atoms with van der Waals surface area (Å²) in [5.74, 6) is 0.979. The van der Waals surface area contributed by atoms with Crippen molar-refractivity contribution in [3.8, 4) is 28.6 Å². The van der Waals surface area contributed by atoms with Crippen molar-refractivity contribution >= 4 is 11.0 Å². The lowest BCUT2D eigenvalue weighted by molar-refractivity contribution is 0.376. The molecule has 1 aromatic heterocycles. The summed E-state index contributed by atoms with van der Waals surface area (Å²) >= 11 is 0. The summed E-state index contributed by atoms with van der Waals surface area (Å²) in [5, 5.41) is 10.2. The highest BCUT2D eigenvalue weighted by Crippen LogP contribution is 2.35. The van der Waals surface area contributed by atoms with Crippen LogP contribution in [0.4, 0.5) is 0 Å². The third-order valence-corrected chi connectivity index (χ3v) is 3.42. The number of methoxy groups -OCH3 is 2. The minimum atomic E-state index is -0.349. The predicted molar refractivity (Wildman–Crippen MR) is 82.7 cm³/mol. The highest BCUT2D eigenvalue weighted by atomic mass is 16.5. The van der Waals surface area contributed by atoms with Gasteiger partial charge in [0.15, 0.2) is 16.9 Å². The third kappa shape index (κ3) is 2.16. The molecule has 1 heterocycles. The molecule has 112 valence electrons. The molecule has 2 aromatic carbocycles. The quantitative estimate of drug-likeness (QED) is 0.804. The Morgan fingerprint density at radius 3 is 2.45 bits per heavy atom. The Kier molecular flexibility index (Phi) is 3.47. The van der Waals surface area contributed by atoms with Gasteiger partial charge in [-0.1, -0.05) is 12.1 Å². The summed E-state index contributed by atoms with van der Waals surface area (Å²) in [6.45, 7) is 0. The second-order valence-corrected chi connectivity index (χ2v) is 4.66. The summed E-state index contributed by atoms with van der Waals surface area (Å²) < 4.78 is 16.0. The fraction of sp³-hybridized carbons (Fsp3) is 0.118. The molecular formula is C17H14O5. The van der Waals surface area contributed by atoms with E-state index in [1.807, 2.05) is 12.1 Å². The van der Waals surface area contributed by atoms with Crippen molar-refractivity contribution < 1.29 is 19.0 Å². The molecule has 0 fully saturated rings. The molecule has 3 rings (SSSR count). The van der Waals surface area contributed by atoms with E-state index < -0.39 is 0 Å². The van der Waals surface area contributed by atoms with Crippen LogP contribution in [-0.2, 0) is 0 Å². The molecule has 0 aliphatic carbocycles. The summed E-state index contributed by atoms with van der Waals surface area (Å²) in [6.07, 6.45) is 0. The first-order valence-corrected chi connectivity index (χ1v) is 6.63. The smallest absolute Gasteiger partial charge is 0.197 e. The molecule has 5 heteroatoms. The Labute approximate surface area is 126 Å². The highest BCUT2D eigenvalue weighted by Gasteiger charge is 2.15. The van der Waals surface area contributed by atoms with E-state index in [0.29, 0.717) is 17.1 Å². The van der Waals surface area contributed by atoms with Crippen LogP contribution in [0, 0.1) is 0 Å². The van der Waals surface area contributed by atoms with Gasteiger partial charge in [-0.3, -0.25) is 4.79 Å². The first kappa shape index (κ1) is 14.0. The molecule has 0 saturated carbocycles. The van der Waals surface area contributed by atoms with Crippen LogP contribution in [0.5, 0.6) is 17.2 Å². The number of rotatable bonds is 3. The molecule has 0 atom stereocenters. The van der Waals surface area contributed by atoms with Crippen LogP contribution in [-0.4, -0.2) is 19.3 Å². The monoisotopic (exact) mass is 298 g/mol. The normalized spacial score (nSPS) is 10.6. The number of hydrogen-bond acceptors (Lipinski definition) is 5. The molecule has 22 heavy (non-hydrogen) atoms.